The van der Waals surface area contributed by atoms with E-state index in [0.717, 1.165) is 5.56 Å². The molecule has 19 heavy (non-hydrogen) atoms. The average molecular weight is 259 g/mol. The molecule has 1 aliphatic heterocycles. The molecular formula is C14H17N3O2. The van der Waals surface area contributed by atoms with E-state index in [2.05, 4.69) is 11.8 Å². The number of hydrogen-bond donors (Lipinski definition) is 3. The second-order valence-electron chi connectivity index (χ2n) is 4.91. The second-order valence-corrected chi connectivity index (χ2v) is 4.91. The normalized spacial score (nSPS) is 14.9. The third-order valence-electron chi connectivity index (χ3n) is 2.62. The van der Waals surface area contributed by atoms with Gasteiger partial charge in [-0.05, 0) is 32.0 Å². The van der Waals surface area contributed by atoms with E-state index in [1.807, 2.05) is 0 Å². The Bertz CT molecular complexity index is 564. The lowest BCUT2D eigenvalue weighted by Crippen LogP contribution is -2.36. The molecule has 1 aromatic rings. The van der Waals surface area contributed by atoms with Crippen LogP contribution in [0.2, 0.25) is 0 Å². The minimum absolute atomic E-state index is 0.298. The van der Waals surface area contributed by atoms with E-state index in [-0.39, 0.29) is 0 Å². The molecule has 1 aromatic carbocycles. The molecule has 0 amide bonds. The van der Waals surface area contributed by atoms with Crippen LogP contribution in [-0.4, -0.2) is 23.2 Å². The van der Waals surface area contributed by atoms with E-state index in [9.17, 15) is 5.11 Å². The molecular weight excluding hydrogens is 242 g/mol. The summed E-state index contributed by atoms with van der Waals surface area (Å²) in [6, 6.07) is 5.34. The van der Waals surface area contributed by atoms with Crippen molar-refractivity contribution in [3.8, 4) is 17.6 Å². The van der Waals surface area contributed by atoms with Crippen molar-refractivity contribution in [2.24, 2.45) is 5.84 Å². The molecule has 0 bridgehead atoms. The Morgan fingerprint density at radius 1 is 1.47 bits per heavy atom. The van der Waals surface area contributed by atoms with E-state index in [4.69, 9.17) is 16.0 Å². The molecule has 0 saturated carbocycles. The lowest BCUT2D eigenvalue weighted by atomic mass is 10.1. The standard InChI is InChI=1S/C14H17N3O2/c1-14(2,18)7-5-10-3-4-12-11(9-10)17(16)13(15)6-8-19-12/h3-4,9,15,18H,6,8,16H2,1-2H3. The van der Waals surface area contributed by atoms with Crippen LogP contribution in [0, 0.1) is 17.3 Å². The summed E-state index contributed by atoms with van der Waals surface area (Å²) < 4.78 is 5.53. The largest absolute Gasteiger partial charge is 0.491 e. The van der Waals surface area contributed by atoms with Crippen molar-refractivity contribution in [1.82, 2.24) is 0 Å². The van der Waals surface area contributed by atoms with Crippen LogP contribution in [0.3, 0.4) is 0 Å². The van der Waals surface area contributed by atoms with Gasteiger partial charge in [0, 0.05) is 12.0 Å². The SMILES string of the molecule is CC(C)(O)C#Cc1ccc2c(c1)N(N)C(=N)CCO2. The van der Waals surface area contributed by atoms with Gasteiger partial charge >= 0.3 is 0 Å². The Morgan fingerprint density at radius 2 is 2.21 bits per heavy atom. The summed E-state index contributed by atoms with van der Waals surface area (Å²) in [4.78, 5) is 0. The maximum absolute atomic E-state index is 9.59. The van der Waals surface area contributed by atoms with Gasteiger partial charge in [-0.3, -0.25) is 10.4 Å². The predicted molar refractivity (Wildman–Crippen MR) is 74.1 cm³/mol. The Balaban J connectivity index is 2.39. The minimum Gasteiger partial charge on any atom is -0.491 e. The maximum Gasteiger partial charge on any atom is 0.144 e. The van der Waals surface area contributed by atoms with Gasteiger partial charge in [0.15, 0.2) is 0 Å². The molecule has 0 aliphatic carbocycles. The summed E-state index contributed by atoms with van der Waals surface area (Å²) in [5.41, 5.74) is 0.290. The highest BCUT2D eigenvalue weighted by atomic mass is 16.5. The molecule has 100 valence electrons. The number of ether oxygens (including phenoxy) is 1. The summed E-state index contributed by atoms with van der Waals surface area (Å²) in [6.07, 6.45) is 0.468. The first-order valence-electron chi connectivity index (χ1n) is 6.01. The van der Waals surface area contributed by atoms with Gasteiger partial charge in [-0.15, -0.1) is 0 Å². The van der Waals surface area contributed by atoms with Crippen LogP contribution < -0.4 is 15.6 Å². The molecule has 1 heterocycles. The Kier molecular flexibility index (Phi) is 3.47. The van der Waals surface area contributed by atoms with Crippen molar-refractivity contribution in [2.75, 3.05) is 11.6 Å². The number of hydrazine groups is 1. The molecule has 4 N–H and O–H groups in total. The van der Waals surface area contributed by atoms with Crippen LogP contribution in [0.4, 0.5) is 5.69 Å². The van der Waals surface area contributed by atoms with Gasteiger partial charge in [-0.1, -0.05) is 11.8 Å². The van der Waals surface area contributed by atoms with Crippen LogP contribution >= 0.6 is 0 Å². The van der Waals surface area contributed by atoms with E-state index < -0.39 is 5.60 Å². The molecule has 5 heteroatoms. The van der Waals surface area contributed by atoms with Crippen molar-refractivity contribution in [1.29, 1.82) is 5.41 Å². The number of aliphatic hydroxyl groups is 1. The van der Waals surface area contributed by atoms with Crippen molar-refractivity contribution in [3.63, 3.8) is 0 Å². The third kappa shape index (κ3) is 3.25. The number of anilines is 1. The van der Waals surface area contributed by atoms with Crippen molar-refractivity contribution < 1.29 is 9.84 Å². The Morgan fingerprint density at radius 3 is 2.89 bits per heavy atom. The highest BCUT2D eigenvalue weighted by Crippen LogP contribution is 2.30. The first kappa shape index (κ1) is 13.4. The highest BCUT2D eigenvalue weighted by molar-refractivity contribution is 5.96. The fourth-order valence-corrected chi connectivity index (χ4v) is 1.65. The molecule has 0 aromatic heterocycles. The third-order valence-corrected chi connectivity index (χ3v) is 2.62. The van der Waals surface area contributed by atoms with Crippen LogP contribution in [0.5, 0.6) is 5.75 Å². The van der Waals surface area contributed by atoms with E-state index in [1.54, 1.807) is 32.0 Å². The van der Waals surface area contributed by atoms with E-state index in [0.29, 0.717) is 30.3 Å². The quantitative estimate of drug-likeness (QED) is 0.483. The zero-order valence-corrected chi connectivity index (χ0v) is 11.0. The van der Waals surface area contributed by atoms with Gasteiger partial charge in [0.1, 0.15) is 22.9 Å². The van der Waals surface area contributed by atoms with E-state index in [1.165, 1.54) is 5.01 Å². The summed E-state index contributed by atoms with van der Waals surface area (Å²) >= 11 is 0. The van der Waals surface area contributed by atoms with Crippen molar-refractivity contribution in [3.05, 3.63) is 23.8 Å². The molecule has 5 nitrogen and oxygen atoms in total. The van der Waals surface area contributed by atoms with Crippen molar-refractivity contribution >= 4 is 11.5 Å². The number of nitrogens with two attached hydrogens (primary N) is 1. The molecule has 1 aliphatic rings. The molecule has 0 radical (unpaired) electrons. The van der Waals surface area contributed by atoms with Gasteiger partial charge in [0.2, 0.25) is 0 Å². The van der Waals surface area contributed by atoms with Crippen molar-refractivity contribution in [2.45, 2.75) is 25.9 Å². The summed E-state index contributed by atoms with van der Waals surface area (Å²) in [7, 11) is 0. The fraction of sp³-hybridized carbons (Fsp3) is 0.357. The van der Waals surface area contributed by atoms with E-state index >= 15 is 0 Å². The first-order chi connectivity index (χ1) is 8.87. The lowest BCUT2D eigenvalue weighted by Gasteiger charge is -2.17. The highest BCUT2D eigenvalue weighted by Gasteiger charge is 2.18. The number of rotatable bonds is 0. The molecule has 0 saturated heterocycles. The number of nitrogens with zero attached hydrogens (tertiary/aromatic N) is 1. The fourth-order valence-electron chi connectivity index (χ4n) is 1.65. The van der Waals surface area contributed by atoms with Gasteiger partial charge in [-0.2, -0.15) is 0 Å². The Labute approximate surface area is 112 Å². The molecule has 0 fully saturated rings. The smallest absolute Gasteiger partial charge is 0.144 e. The van der Waals surface area contributed by atoms with Crippen LogP contribution in [0.1, 0.15) is 25.8 Å². The van der Waals surface area contributed by atoms with Crippen LogP contribution in [0.25, 0.3) is 0 Å². The number of hydrogen-bond acceptors (Lipinski definition) is 4. The topological polar surface area (TPSA) is 82.6 Å². The second kappa shape index (κ2) is 4.92. The predicted octanol–water partition coefficient (Wildman–Crippen LogP) is 1.25. The van der Waals surface area contributed by atoms with Gasteiger partial charge in [0.05, 0.1) is 6.61 Å². The molecule has 0 spiro atoms. The van der Waals surface area contributed by atoms with Gasteiger partial charge < -0.3 is 9.84 Å². The minimum atomic E-state index is -1.04. The maximum atomic E-state index is 9.59. The summed E-state index contributed by atoms with van der Waals surface area (Å²) in [5.74, 6) is 12.4. The average Bonchev–Trinajstić information content (AvgIpc) is 2.47. The number of fused-ring (bicyclic) bond motifs is 1. The molecule has 0 atom stereocenters. The lowest BCUT2D eigenvalue weighted by molar-refractivity contribution is 0.143. The zero-order valence-electron chi connectivity index (χ0n) is 11.0. The number of nitrogens with one attached hydrogen (secondary N) is 1. The zero-order chi connectivity index (χ0) is 14.0. The van der Waals surface area contributed by atoms with Gasteiger partial charge in [-0.25, -0.2) is 5.84 Å². The summed E-state index contributed by atoms with van der Waals surface area (Å²) in [6.45, 7) is 3.68. The van der Waals surface area contributed by atoms with Crippen LogP contribution in [-0.2, 0) is 0 Å². The summed E-state index contributed by atoms with van der Waals surface area (Å²) in [5, 5.41) is 18.7. The first-order valence-corrected chi connectivity index (χ1v) is 6.01. The van der Waals surface area contributed by atoms with Crippen LogP contribution in [0.15, 0.2) is 18.2 Å². The number of benzene rings is 1. The number of amidine groups is 1. The van der Waals surface area contributed by atoms with Gasteiger partial charge in [0.25, 0.3) is 0 Å². The monoisotopic (exact) mass is 259 g/mol. The Hall–Kier alpha value is -2.03. The molecule has 0 unspecified atom stereocenters. The molecule has 2 rings (SSSR count).